The standard InChI is InChI=1S/C23H19N3O5/c27-21(16-7-2-4-9-18(16)25-22(28)20-10-5-11-31-20)26-19(23(29)30)12-14-13-24-17-8-3-1-6-15(14)17/h1-11,13,19,24H,12H2,(H,25,28)(H,26,27)(H,29,30)/t19-/m0/s1. The smallest absolute Gasteiger partial charge is 0.326 e. The van der Waals surface area contributed by atoms with Crippen LogP contribution >= 0.6 is 0 Å². The van der Waals surface area contributed by atoms with Gasteiger partial charge in [-0.2, -0.15) is 0 Å². The number of hydrogen-bond acceptors (Lipinski definition) is 4. The number of aromatic amines is 1. The van der Waals surface area contributed by atoms with Crippen molar-refractivity contribution in [3.63, 3.8) is 0 Å². The van der Waals surface area contributed by atoms with Crippen molar-refractivity contribution >= 4 is 34.4 Å². The Hall–Kier alpha value is -4.33. The lowest BCUT2D eigenvalue weighted by molar-refractivity contribution is -0.139. The number of carboxylic acids is 1. The Bertz CT molecular complexity index is 1240. The summed E-state index contributed by atoms with van der Waals surface area (Å²) in [6, 6.07) is 15.8. The van der Waals surface area contributed by atoms with Gasteiger partial charge >= 0.3 is 5.97 Å². The highest BCUT2D eigenvalue weighted by molar-refractivity contribution is 6.08. The maximum atomic E-state index is 12.9. The summed E-state index contributed by atoms with van der Waals surface area (Å²) in [4.78, 5) is 40.1. The zero-order chi connectivity index (χ0) is 21.8. The van der Waals surface area contributed by atoms with Gasteiger partial charge in [0.25, 0.3) is 11.8 Å². The first kappa shape index (κ1) is 20.0. The normalized spacial score (nSPS) is 11.7. The predicted molar refractivity (Wildman–Crippen MR) is 114 cm³/mol. The van der Waals surface area contributed by atoms with Crippen molar-refractivity contribution in [1.82, 2.24) is 10.3 Å². The number of rotatable bonds is 7. The number of hydrogen-bond donors (Lipinski definition) is 4. The first-order valence-electron chi connectivity index (χ1n) is 9.55. The van der Waals surface area contributed by atoms with E-state index in [4.69, 9.17) is 4.42 Å². The second kappa shape index (κ2) is 8.58. The van der Waals surface area contributed by atoms with Crippen LogP contribution in [0.4, 0.5) is 5.69 Å². The molecular weight excluding hydrogens is 398 g/mol. The van der Waals surface area contributed by atoms with Crippen molar-refractivity contribution in [2.75, 3.05) is 5.32 Å². The molecule has 0 aliphatic rings. The highest BCUT2D eigenvalue weighted by atomic mass is 16.4. The van der Waals surface area contributed by atoms with Crippen molar-refractivity contribution < 1.29 is 23.9 Å². The first-order valence-corrected chi connectivity index (χ1v) is 9.55. The summed E-state index contributed by atoms with van der Waals surface area (Å²) in [5, 5.41) is 15.7. The van der Waals surface area contributed by atoms with Crippen LogP contribution in [0.1, 0.15) is 26.5 Å². The fraction of sp³-hybridized carbons (Fsp3) is 0.0870. The molecule has 0 fully saturated rings. The summed E-state index contributed by atoms with van der Waals surface area (Å²) in [5.41, 5.74) is 2.06. The molecule has 0 aliphatic heterocycles. The van der Waals surface area contributed by atoms with E-state index in [-0.39, 0.29) is 23.4 Å². The van der Waals surface area contributed by atoms with E-state index in [0.717, 1.165) is 16.5 Å². The lowest BCUT2D eigenvalue weighted by atomic mass is 10.0. The van der Waals surface area contributed by atoms with E-state index in [0.29, 0.717) is 0 Å². The van der Waals surface area contributed by atoms with Gasteiger partial charge in [-0.25, -0.2) is 4.79 Å². The van der Waals surface area contributed by atoms with Gasteiger partial charge in [0.1, 0.15) is 6.04 Å². The Morgan fingerprint density at radius 3 is 2.52 bits per heavy atom. The van der Waals surface area contributed by atoms with Gasteiger partial charge in [-0.1, -0.05) is 30.3 Å². The summed E-state index contributed by atoms with van der Waals surface area (Å²) >= 11 is 0. The van der Waals surface area contributed by atoms with Crippen LogP contribution in [0.2, 0.25) is 0 Å². The molecule has 4 rings (SSSR count). The molecule has 0 unspecified atom stereocenters. The average molecular weight is 417 g/mol. The van der Waals surface area contributed by atoms with Crippen LogP contribution in [-0.4, -0.2) is 33.9 Å². The van der Waals surface area contributed by atoms with Crippen molar-refractivity contribution in [1.29, 1.82) is 0 Å². The Balaban J connectivity index is 1.53. The average Bonchev–Trinajstić information content (AvgIpc) is 3.44. The second-order valence-corrected chi connectivity index (χ2v) is 6.90. The SMILES string of the molecule is O=C(Nc1ccccc1C(=O)N[C@@H](Cc1c[nH]c2ccccc12)C(=O)O)c1ccco1. The molecule has 8 heteroatoms. The molecule has 0 radical (unpaired) electrons. The summed E-state index contributed by atoms with van der Waals surface area (Å²) in [6.07, 6.45) is 3.21. The van der Waals surface area contributed by atoms with E-state index < -0.39 is 23.8 Å². The van der Waals surface area contributed by atoms with Crippen LogP contribution in [0.15, 0.2) is 77.5 Å². The van der Waals surface area contributed by atoms with Crippen molar-refractivity contribution in [3.8, 4) is 0 Å². The van der Waals surface area contributed by atoms with Gasteiger partial charge in [-0.3, -0.25) is 9.59 Å². The van der Waals surface area contributed by atoms with Gasteiger partial charge in [0.15, 0.2) is 5.76 Å². The molecule has 8 nitrogen and oxygen atoms in total. The summed E-state index contributed by atoms with van der Waals surface area (Å²) in [6.45, 7) is 0. The molecule has 0 bridgehead atoms. The largest absolute Gasteiger partial charge is 0.480 e. The maximum Gasteiger partial charge on any atom is 0.326 e. The van der Waals surface area contributed by atoms with E-state index in [2.05, 4.69) is 15.6 Å². The fourth-order valence-corrected chi connectivity index (χ4v) is 3.34. The minimum absolute atomic E-state index is 0.0953. The van der Waals surface area contributed by atoms with E-state index >= 15 is 0 Å². The number of anilines is 1. The van der Waals surface area contributed by atoms with E-state index in [1.165, 1.54) is 18.4 Å². The number of para-hydroxylation sites is 2. The minimum Gasteiger partial charge on any atom is -0.480 e. The molecule has 0 saturated carbocycles. The molecule has 1 atom stereocenters. The molecule has 2 amide bonds. The summed E-state index contributed by atoms with van der Waals surface area (Å²) < 4.78 is 5.06. The Kier molecular flexibility index (Phi) is 5.53. The number of H-pyrrole nitrogens is 1. The summed E-state index contributed by atoms with van der Waals surface area (Å²) in [7, 11) is 0. The Labute approximate surface area is 176 Å². The lowest BCUT2D eigenvalue weighted by Crippen LogP contribution is -2.42. The number of aliphatic carboxylic acids is 1. The first-order chi connectivity index (χ1) is 15.0. The highest BCUT2D eigenvalue weighted by Crippen LogP contribution is 2.20. The van der Waals surface area contributed by atoms with Crippen LogP contribution in [0.5, 0.6) is 0 Å². The number of nitrogens with one attached hydrogen (secondary N) is 3. The molecule has 0 aliphatic carbocycles. The number of carbonyl (C=O) groups is 3. The third-order valence-electron chi connectivity index (χ3n) is 4.87. The number of carboxylic acid groups (broad SMARTS) is 1. The molecule has 0 spiro atoms. The number of fused-ring (bicyclic) bond motifs is 1. The van der Waals surface area contributed by atoms with Crippen LogP contribution in [0, 0.1) is 0 Å². The third-order valence-corrected chi connectivity index (χ3v) is 4.87. The third kappa shape index (κ3) is 4.32. The van der Waals surface area contributed by atoms with Crippen LogP contribution in [0.25, 0.3) is 10.9 Å². The van der Waals surface area contributed by atoms with Gasteiger partial charge in [0.2, 0.25) is 0 Å². The minimum atomic E-state index is -1.16. The molecule has 0 saturated heterocycles. The molecule has 2 aromatic heterocycles. The van der Waals surface area contributed by atoms with Crippen molar-refractivity contribution in [2.24, 2.45) is 0 Å². The molecule has 31 heavy (non-hydrogen) atoms. The van der Waals surface area contributed by atoms with Crippen LogP contribution in [0.3, 0.4) is 0 Å². The molecule has 4 aromatic rings. The van der Waals surface area contributed by atoms with Crippen molar-refractivity contribution in [2.45, 2.75) is 12.5 Å². The van der Waals surface area contributed by atoms with Gasteiger partial charge in [0.05, 0.1) is 17.5 Å². The predicted octanol–water partition coefficient (Wildman–Crippen LogP) is 3.44. The lowest BCUT2D eigenvalue weighted by Gasteiger charge is -2.16. The monoisotopic (exact) mass is 417 g/mol. The zero-order valence-electron chi connectivity index (χ0n) is 16.3. The Morgan fingerprint density at radius 1 is 0.968 bits per heavy atom. The van der Waals surface area contributed by atoms with E-state index in [1.54, 1.807) is 30.5 Å². The molecule has 156 valence electrons. The van der Waals surface area contributed by atoms with Gasteiger partial charge in [-0.05, 0) is 35.9 Å². The van der Waals surface area contributed by atoms with Gasteiger partial charge in [-0.15, -0.1) is 0 Å². The highest BCUT2D eigenvalue weighted by Gasteiger charge is 2.24. The van der Waals surface area contributed by atoms with Gasteiger partial charge in [0, 0.05) is 23.5 Å². The number of amides is 2. The Morgan fingerprint density at radius 2 is 1.74 bits per heavy atom. The van der Waals surface area contributed by atoms with E-state index in [1.807, 2.05) is 24.3 Å². The topological polar surface area (TPSA) is 124 Å². The number of benzene rings is 2. The van der Waals surface area contributed by atoms with Gasteiger partial charge < -0.3 is 25.1 Å². The number of furan rings is 1. The van der Waals surface area contributed by atoms with Crippen LogP contribution < -0.4 is 10.6 Å². The molecule has 2 aromatic carbocycles. The molecule has 4 N–H and O–H groups in total. The molecule has 2 heterocycles. The summed E-state index contributed by atoms with van der Waals surface area (Å²) in [5.74, 6) is -2.19. The van der Waals surface area contributed by atoms with Crippen molar-refractivity contribution in [3.05, 3.63) is 90.0 Å². The van der Waals surface area contributed by atoms with Crippen LogP contribution in [-0.2, 0) is 11.2 Å². The fourth-order valence-electron chi connectivity index (χ4n) is 3.34. The number of carbonyl (C=O) groups excluding carboxylic acids is 2. The van der Waals surface area contributed by atoms with E-state index in [9.17, 15) is 19.5 Å². The second-order valence-electron chi connectivity index (χ2n) is 6.90. The zero-order valence-corrected chi connectivity index (χ0v) is 16.3. The number of aromatic nitrogens is 1. The molecular formula is C23H19N3O5. The quantitative estimate of drug-likeness (QED) is 0.367. The maximum absolute atomic E-state index is 12.9.